The van der Waals surface area contributed by atoms with E-state index in [1.807, 2.05) is 25.5 Å². The topological polar surface area (TPSA) is 48.8 Å². The van der Waals surface area contributed by atoms with E-state index in [9.17, 15) is 0 Å². The van der Waals surface area contributed by atoms with Crippen molar-refractivity contribution in [3.63, 3.8) is 0 Å². The van der Waals surface area contributed by atoms with Gasteiger partial charge in [-0.1, -0.05) is 26.8 Å². The molecular formula is C15H23N3. The zero-order chi connectivity index (χ0) is 13.5. The Hall–Kier alpha value is -1.64. The SMILES string of the molecule is CN/C(=C\C=N)[C@H](C)Cc1cncc(C(C)C)c1. The molecule has 3 nitrogen and oxygen atoms in total. The number of pyridine rings is 1. The minimum Gasteiger partial charge on any atom is -0.391 e. The third-order valence-corrected chi connectivity index (χ3v) is 3.11. The van der Waals surface area contributed by atoms with Gasteiger partial charge >= 0.3 is 0 Å². The largest absolute Gasteiger partial charge is 0.391 e. The summed E-state index contributed by atoms with van der Waals surface area (Å²) < 4.78 is 0. The van der Waals surface area contributed by atoms with Crippen LogP contribution in [0.1, 0.15) is 37.8 Å². The van der Waals surface area contributed by atoms with Gasteiger partial charge in [0.25, 0.3) is 0 Å². The van der Waals surface area contributed by atoms with Gasteiger partial charge in [-0.15, -0.1) is 0 Å². The molecule has 0 saturated carbocycles. The summed E-state index contributed by atoms with van der Waals surface area (Å²) in [5.74, 6) is 0.870. The van der Waals surface area contributed by atoms with E-state index in [2.05, 4.69) is 37.1 Å². The van der Waals surface area contributed by atoms with Gasteiger partial charge in [0.1, 0.15) is 0 Å². The van der Waals surface area contributed by atoms with Crippen LogP contribution in [0.5, 0.6) is 0 Å². The summed E-state index contributed by atoms with van der Waals surface area (Å²) >= 11 is 0. The highest BCUT2D eigenvalue weighted by Crippen LogP contribution is 2.18. The van der Waals surface area contributed by atoms with Gasteiger partial charge in [0, 0.05) is 31.4 Å². The maximum absolute atomic E-state index is 7.15. The molecule has 2 N–H and O–H groups in total. The molecule has 1 heterocycles. The van der Waals surface area contributed by atoms with E-state index in [-0.39, 0.29) is 0 Å². The lowest BCUT2D eigenvalue weighted by molar-refractivity contribution is 0.629. The average Bonchev–Trinajstić information content (AvgIpc) is 2.36. The molecule has 1 aromatic rings. The van der Waals surface area contributed by atoms with Crippen LogP contribution in [0.3, 0.4) is 0 Å². The van der Waals surface area contributed by atoms with E-state index in [0.717, 1.165) is 12.1 Å². The van der Waals surface area contributed by atoms with Gasteiger partial charge in [-0.25, -0.2) is 0 Å². The highest BCUT2D eigenvalue weighted by Gasteiger charge is 2.09. The molecule has 0 radical (unpaired) electrons. The number of nitrogens with one attached hydrogen (secondary N) is 2. The summed E-state index contributed by atoms with van der Waals surface area (Å²) in [6, 6.07) is 2.23. The summed E-state index contributed by atoms with van der Waals surface area (Å²) in [6.07, 6.45) is 7.94. The second-order valence-corrected chi connectivity index (χ2v) is 4.93. The summed E-state index contributed by atoms with van der Waals surface area (Å²) in [6.45, 7) is 6.52. The second kappa shape index (κ2) is 6.94. The second-order valence-electron chi connectivity index (χ2n) is 4.93. The molecule has 18 heavy (non-hydrogen) atoms. The van der Waals surface area contributed by atoms with E-state index < -0.39 is 0 Å². The molecule has 0 aromatic carbocycles. The van der Waals surface area contributed by atoms with E-state index >= 15 is 0 Å². The van der Waals surface area contributed by atoms with Crippen molar-refractivity contribution < 1.29 is 0 Å². The maximum atomic E-state index is 7.15. The molecule has 0 unspecified atom stereocenters. The fraction of sp³-hybridized carbons (Fsp3) is 0.467. The zero-order valence-electron chi connectivity index (χ0n) is 11.7. The predicted molar refractivity (Wildman–Crippen MR) is 77.1 cm³/mol. The first-order chi connectivity index (χ1) is 8.58. The van der Waals surface area contributed by atoms with Crippen LogP contribution in [0.4, 0.5) is 0 Å². The first kappa shape index (κ1) is 14.4. The lowest BCUT2D eigenvalue weighted by Crippen LogP contribution is -2.16. The molecule has 0 amide bonds. The molecule has 0 fully saturated rings. The Kier molecular flexibility index (Phi) is 5.56. The van der Waals surface area contributed by atoms with Crippen LogP contribution in [-0.2, 0) is 6.42 Å². The Morgan fingerprint density at radius 3 is 2.67 bits per heavy atom. The Balaban J connectivity index is 2.81. The Morgan fingerprint density at radius 1 is 1.39 bits per heavy atom. The van der Waals surface area contributed by atoms with Crippen molar-refractivity contribution in [1.82, 2.24) is 10.3 Å². The molecule has 1 rings (SSSR count). The van der Waals surface area contributed by atoms with Crippen molar-refractivity contribution >= 4 is 6.21 Å². The lowest BCUT2D eigenvalue weighted by atomic mass is 9.96. The molecular weight excluding hydrogens is 222 g/mol. The number of rotatable bonds is 6. The normalized spacial score (nSPS) is 13.5. The molecule has 0 bridgehead atoms. The van der Waals surface area contributed by atoms with Crippen LogP contribution < -0.4 is 5.32 Å². The quantitative estimate of drug-likeness (QED) is 0.756. The predicted octanol–water partition coefficient (Wildman–Crippen LogP) is 3.14. The number of nitrogens with zero attached hydrogens (tertiary/aromatic N) is 1. The van der Waals surface area contributed by atoms with Crippen LogP contribution in [0, 0.1) is 11.3 Å². The van der Waals surface area contributed by atoms with Crippen molar-refractivity contribution in [3.05, 3.63) is 41.4 Å². The van der Waals surface area contributed by atoms with Crippen LogP contribution in [-0.4, -0.2) is 18.2 Å². The van der Waals surface area contributed by atoms with E-state index in [4.69, 9.17) is 5.41 Å². The van der Waals surface area contributed by atoms with Gasteiger partial charge in [0.15, 0.2) is 0 Å². The maximum Gasteiger partial charge on any atom is 0.0302 e. The van der Waals surface area contributed by atoms with Crippen LogP contribution in [0.15, 0.2) is 30.2 Å². The van der Waals surface area contributed by atoms with Crippen LogP contribution >= 0.6 is 0 Å². The number of allylic oxidation sites excluding steroid dienone is 2. The molecule has 0 aliphatic rings. The number of hydrogen-bond donors (Lipinski definition) is 2. The monoisotopic (exact) mass is 245 g/mol. The average molecular weight is 245 g/mol. The van der Waals surface area contributed by atoms with Gasteiger partial charge in [-0.2, -0.15) is 0 Å². The van der Waals surface area contributed by atoms with Gasteiger partial charge < -0.3 is 10.7 Å². The molecule has 1 aromatic heterocycles. The molecule has 98 valence electrons. The molecule has 1 atom stereocenters. The Morgan fingerprint density at radius 2 is 2.11 bits per heavy atom. The molecule has 3 heteroatoms. The summed E-state index contributed by atoms with van der Waals surface area (Å²) in [4.78, 5) is 4.31. The van der Waals surface area contributed by atoms with Gasteiger partial charge in [0.2, 0.25) is 0 Å². The smallest absolute Gasteiger partial charge is 0.0302 e. The van der Waals surface area contributed by atoms with Crippen LogP contribution in [0.25, 0.3) is 0 Å². The number of aromatic nitrogens is 1. The van der Waals surface area contributed by atoms with Gasteiger partial charge in [-0.3, -0.25) is 4.98 Å². The molecule has 0 spiro atoms. The minimum atomic E-state index is 0.362. The molecule has 0 saturated heterocycles. The van der Waals surface area contributed by atoms with E-state index in [1.54, 1.807) is 0 Å². The van der Waals surface area contributed by atoms with E-state index in [1.165, 1.54) is 17.3 Å². The zero-order valence-corrected chi connectivity index (χ0v) is 11.7. The van der Waals surface area contributed by atoms with Crippen molar-refractivity contribution in [2.24, 2.45) is 5.92 Å². The molecule has 0 aliphatic heterocycles. The third-order valence-electron chi connectivity index (χ3n) is 3.11. The van der Waals surface area contributed by atoms with Crippen molar-refractivity contribution in [3.8, 4) is 0 Å². The third kappa shape index (κ3) is 3.99. The van der Waals surface area contributed by atoms with Crippen molar-refractivity contribution in [2.45, 2.75) is 33.1 Å². The first-order valence-corrected chi connectivity index (χ1v) is 6.40. The highest BCUT2D eigenvalue weighted by atomic mass is 14.8. The standard InChI is InChI=1S/C15H23N3/c1-11(2)14-8-13(9-18-10-14)7-12(3)15(17-4)5-6-16/h5-6,8-12,16-17H,7H2,1-4H3/b15-5-,16-6?/t12-/m1/s1. The van der Waals surface area contributed by atoms with Crippen molar-refractivity contribution in [1.29, 1.82) is 5.41 Å². The van der Waals surface area contributed by atoms with E-state index in [0.29, 0.717) is 11.8 Å². The fourth-order valence-electron chi connectivity index (χ4n) is 1.98. The van der Waals surface area contributed by atoms with Gasteiger partial charge in [-0.05, 0) is 35.5 Å². The van der Waals surface area contributed by atoms with Crippen molar-refractivity contribution in [2.75, 3.05) is 7.05 Å². The summed E-state index contributed by atoms with van der Waals surface area (Å²) in [5, 5.41) is 10.3. The van der Waals surface area contributed by atoms with Gasteiger partial charge in [0.05, 0.1) is 0 Å². The lowest BCUT2D eigenvalue weighted by Gasteiger charge is -2.16. The summed E-state index contributed by atoms with van der Waals surface area (Å²) in [7, 11) is 1.90. The Labute approximate surface area is 110 Å². The Bertz CT molecular complexity index is 422. The number of hydrogen-bond acceptors (Lipinski definition) is 3. The first-order valence-electron chi connectivity index (χ1n) is 6.40. The summed E-state index contributed by atoms with van der Waals surface area (Å²) in [5.41, 5.74) is 3.61. The molecule has 0 aliphatic carbocycles. The minimum absolute atomic E-state index is 0.362. The highest BCUT2D eigenvalue weighted by molar-refractivity contribution is 5.68. The fourth-order valence-corrected chi connectivity index (χ4v) is 1.98. The van der Waals surface area contributed by atoms with Crippen LogP contribution in [0.2, 0.25) is 0 Å².